The van der Waals surface area contributed by atoms with E-state index < -0.39 is 0 Å². The predicted molar refractivity (Wildman–Crippen MR) is 244 cm³/mol. The van der Waals surface area contributed by atoms with Crippen LogP contribution >= 0.6 is 0 Å². The second kappa shape index (κ2) is 15.0. The van der Waals surface area contributed by atoms with E-state index in [-0.39, 0.29) is 32.5 Å². The summed E-state index contributed by atoms with van der Waals surface area (Å²) in [5.74, 6) is 0.863. The van der Waals surface area contributed by atoms with Crippen molar-refractivity contribution in [3.8, 4) is 11.5 Å². The SMILES string of the molecule is Cc1c(Cc2cc(C(C)(C)C)cc(C(C)(C)C)c2)c(C)c(Cc2ccc(C(C)(C)C)c(O)c2C(C)(C)C)c(C)c1Cc1cc(C(C)(C)C)c(O)c(C(C)(C)C)c1. The van der Waals surface area contributed by atoms with Crippen molar-refractivity contribution in [2.45, 2.75) is 197 Å². The second-order valence-corrected chi connectivity index (χ2v) is 23.3. The van der Waals surface area contributed by atoms with E-state index >= 15 is 0 Å². The van der Waals surface area contributed by atoms with Gasteiger partial charge in [0.15, 0.2) is 0 Å². The molecule has 0 heterocycles. The van der Waals surface area contributed by atoms with Crippen LogP contribution in [0.2, 0.25) is 0 Å². The van der Waals surface area contributed by atoms with Gasteiger partial charge >= 0.3 is 0 Å². The van der Waals surface area contributed by atoms with Crippen LogP contribution in [0.15, 0.2) is 42.5 Å². The average molecular weight is 759 g/mol. The summed E-state index contributed by atoms with van der Waals surface area (Å²) in [6, 6.07) is 16.3. The molecule has 56 heavy (non-hydrogen) atoms. The fourth-order valence-corrected chi connectivity index (χ4v) is 8.61. The molecule has 0 saturated carbocycles. The van der Waals surface area contributed by atoms with Gasteiger partial charge in [-0.1, -0.05) is 167 Å². The zero-order valence-corrected chi connectivity index (χ0v) is 39.6. The van der Waals surface area contributed by atoms with E-state index in [9.17, 15) is 10.2 Å². The Kier molecular flexibility index (Phi) is 12.1. The Labute approximate surface area is 343 Å². The van der Waals surface area contributed by atoms with E-state index in [1.165, 1.54) is 61.2 Å². The van der Waals surface area contributed by atoms with Crippen LogP contribution in [-0.4, -0.2) is 10.2 Å². The molecule has 0 unspecified atom stereocenters. The highest BCUT2D eigenvalue weighted by Gasteiger charge is 2.31. The van der Waals surface area contributed by atoms with Gasteiger partial charge in [0.05, 0.1) is 0 Å². The third-order valence-electron chi connectivity index (χ3n) is 12.2. The van der Waals surface area contributed by atoms with Gasteiger partial charge in [0.2, 0.25) is 0 Å². The second-order valence-electron chi connectivity index (χ2n) is 23.3. The van der Waals surface area contributed by atoms with E-state index in [1.54, 1.807) is 0 Å². The van der Waals surface area contributed by atoms with Gasteiger partial charge in [-0.15, -0.1) is 0 Å². The van der Waals surface area contributed by atoms with E-state index in [0.717, 1.165) is 41.5 Å². The lowest BCUT2D eigenvalue weighted by Crippen LogP contribution is -2.20. The maximum atomic E-state index is 12.0. The highest BCUT2D eigenvalue weighted by molar-refractivity contribution is 5.59. The van der Waals surface area contributed by atoms with Crippen LogP contribution in [0.4, 0.5) is 0 Å². The predicted octanol–water partition coefficient (Wildman–Crippen LogP) is 14.6. The molecule has 0 bridgehead atoms. The highest BCUT2D eigenvalue weighted by Crippen LogP contribution is 2.44. The van der Waals surface area contributed by atoms with Gasteiger partial charge in [0, 0.05) is 5.56 Å². The molecular formula is C54H78O2. The molecule has 0 spiro atoms. The molecule has 2 heteroatoms. The van der Waals surface area contributed by atoms with E-state index in [2.05, 4.69) is 188 Å². The molecule has 4 aromatic carbocycles. The molecular weight excluding hydrogens is 681 g/mol. The maximum Gasteiger partial charge on any atom is 0.123 e. The standard InChI is InChI=1S/C54H78O2/c1-32-40(26-35-24-38(49(4,5)6)31-39(25-35)50(7,8)9)33(2)42(30-37-22-23-43(51(10,11)12)48(56)46(37)54(19,20)21)34(3)41(32)27-36-28-44(52(13,14)15)47(55)45(29-36)53(16,17)18/h22-25,28-29,31,55-56H,26-27,30H2,1-21H3. The van der Waals surface area contributed by atoms with Crippen LogP contribution in [0.25, 0.3) is 0 Å². The first-order chi connectivity index (χ1) is 25.1. The molecule has 4 rings (SSSR count). The molecule has 2 nitrogen and oxygen atoms in total. The smallest absolute Gasteiger partial charge is 0.123 e. The molecule has 0 atom stereocenters. The summed E-state index contributed by atoms with van der Waals surface area (Å²) in [6.07, 6.45) is 2.37. The van der Waals surface area contributed by atoms with Crippen molar-refractivity contribution in [2.75, 3.05) is 0 Å². The lowest BCUT2D eigenvalue weighted by atomic mass is 9.74. The first-order valence-corrected chi connectivity index (χ1v) is 21.1. The van der Waals surface area contributed by atoms with Crippen molar-refractivity contribution in [3.05, 3.63) is 126 Å². The Hall–Kier alpha value is -3.52. The quantitative estimate of drug-likeness (QED) is 0.206. The van der Waals surface area contributed by atoms with Crippen LogP contribution < -0.4 is 0 Å². The molecule has 0 aliphatic heterocycles. The van der Waals surface area contributed by atoms with Crippen molar-refractivity contribution >= 4 is 0 Å². The van der Waals surface area contributed by atoms with Crippen LogP contribution in [0.1, 0.15) is 208 Å². The van der Waals surface area contributed by atoms with Crippen LogP contribution in [0, 0.1) is 20.8 Å². The first-order valence-electron chi connectivity index (χ1n) is 21.1. The normalized spacial score (nSPS) is 13.4. The van der Waals surface area contributed by atoms with Gasteiger partial charge in [-0.05, 0) is 150 Å². The zero-order chi connectivity index (χ0) is 42.9. The summed E-state index contributed by atoms with van der Waals surface area (Å²) >= 11 is 0. The van der Waals surface area contributed by atoms with E-state index in [0.29, 0.717) is 11.5 Å². The Bertz CT molecular complexity index is 2030. The van der Waals surface area contributed by atoms with Crippen molar-refractivity contribution in [2.24, 2.45) is 0 Å². The minimum Gasteiger partial charge on any atom is -0.507 e. The molecule has 0 radical (unpaired) electrons. The molecule has 0 fully saturated rings. The van der Waals surface area contributed by atoms with Gasteiger partial charge in [-0.2, -0.15) is 0 Å². The number of phenols is 2. The number of hydrogen-bond donors (Lipinski definition) is 2. The molecule has 0 aliphatic carbocycles. The third kappa shape index (κ3) is 9.60. The summed E-state index contributed by atoms with van der Waals surface area (Å²) in [6.45, 7) is 47.3. The van der Waals surface area contributed by atoms with Gasteiger partial charge in [-0.25, -0.2) is 0 Å². The maximum absolute atomic E-state index is 12.0. The largest absolute Gasteiger partial charge is 0.507 e. The Morgan fingerprint density at radius 3 is 1.07 bits per heavy atom. The summed E-state index contributed by atoms with van der Waals surface area (Å²) in [4.78, 5) is 0. The van der Waals surface area contributed by atoms with Gasteiger partial charge in [0.1, 0.15) is 11.5 Å². The molecule has 0 saturated heterocycles. The number of hydrogen-bond acceptors (Lipinski definition) is 2. The Morgan fingerprint density at radius 2 is 0.732 bits per heavy atom. The molecule has 4 aromatic rings. The van der Waals surface area contributed by atoms with Crippen molar-refractivity contribution < 1.29 is 10.2 Å². The van der Waals surface area contributed by atoms with Crippen LogP contribution in [-0.2, 0) is 51.8 Å². The van der Waals surface area contributed by atoms with Crippen molar-refractivity contribution in [3.63, 3.8) is 0 Å². The Balaban J connectivity index is 2.09. The van der Waals surface area contributed by atoms with Crippen LogP contribution in [0.5, 0.6) is 11.5 Å². The van der Waals surface area contributed by atoms with Crippen molar-refractivity contribution in [1.29, 1.82) is 0 Å². The van der Waals surface area contributed by atoms with Gasteiger partial charge in [-0.3, -0.25) is 0 Å². The summed E-state index contributed by atoms with van der Waals surface area (Å²) in [5.41, 5.74) is 17.9. The molecule has 0 aromatic heterocycles. The first kappa shape index (κ1) is 45.2. The fraction of sp³-hybridized carbons (Fsp3) is 0.556. The third-order valence-corrected chi connectivity index (χ3v) is 12.2. The average Bonchev–Trinajstić information content (AvgIpc) is 3.00. The minimum absolute atomic E-state index is 0.0304. The topological polar surface area (TPSA) is 40.5 Å². The van der Waals surface area contributed by atoms with E-state index in [4.69, 9.17) is 0 Å². The zero-order valence-electron chi connectivity index (χ0n) is 39.6. The van der Waals surface area contributed by atoms with E-state index in [1.807, 2.05) is 0 Å². The Morgan fingerprint density at radius 1 is 0.375 bits per heavy atom. The monoisotopic (exact) mass is 759 g/mol. The summed E-state index contributed by atoms with van der Waals surface area (Å²) in [5, 5.41) is 23.6. The number of rotatable bonds is 6. The number of aromatic hydroxyl groups is 2. The molecule has 2 N–H and O–H groups in total. The number of benzene rings is 4. The van der Waals surface area contributed by atoms with Crippen molar-refractivity contribution in [1.82, 2.24) is 0 Å². The fourth-order valence-electron chi connectivity index (χ4n) is 8.61. The summed E-state index contributed by atoms with van der Waals surface area (Å²) < 4.78 is 0. The minimum atomic E-state index is -0.242. The highest BCUT2D eigenvalue weighted by atomic mass is 16.3. The van der Waals surface area contributed by atoms with Gasteiger partial charge in [0.25, 0.3) is 0 Å². The molecule has 0 aliphatic rings. The van der Waals surface area contributed by atoms with Gasteiger partial charge < -0.3 is 10.2 Å². The lowest BCUT2D eigenvalue weighted by molar-refractivity contribution is 0.421. The van der Waals surface area contributed by atoms with Crippen LogP contribution in [0.3, 0.4) is 0 Å². The lowest BCUT2D eigenvalue weighted by Gasteiger charge is -2.31. The summed E-state index contributed by atoms with van der Waals surface area (Å²) in [7, 11) is 0. The number of phenolic OH excluding ortho intramolecular Hbond substituents is 2. The molecule has 0 amide bonds. The molecule has 306 valence electrons.